The molecule has 8 heteroatoms. The van der Waals surface area contributed by atoms with Crippen LogP contribution in [0.5, 0.6) is 0 Å². The van der Waals surface area contributed by atoms with Crippen LogP contribution in [0.1, 0.15) is 35.6 Å². The Hall–Kier alpha value is -3.16. The van der Waals surface area contributed by atoms with Crippen molar-refractivity contribution in [3.05, 3.63) is 94.0 Å². The summed E-state index contributed by atoms with van der Waals surface area (Å²) in [6.45, 7) is 3.61. The summed E-state index contributed by atoms with van der Waals surface area (Å²) >= 11 is 6.38. The Bertz CT molecular complexity index is 1290. The number of amides is 1. The number of hydrogen-bond acceptors (Lipinski definition) is 4. The first-order chi connectivity index (χ1) is 16.8. The maximum Gasteiger partial charge on any atom is 0.264 e. The van der Waals surface area contributed by atoms with Crippen LogP contribution in [-0.2, 0) is 39.0 Å². The number of nitrogens with zero attached hydrogens (tertiary/aromatic N) is 1. The van der Waals surface area contributed by atoms with E-state index in [1.165, 1.54) is 12.1 Å². The quantitative estimate of drug-likeness (QED) is 0.372. The van der Waals surface area contributed by atoms with Crippen LogP contribution < -0.4 is 9.62 Å². The molecule has 1 N–H and O–H groups in total. The standard InChI is InChI=1S/C27H29ClN2O4S/c1-3-24-25(28)10-5-11-26(24)30(35(33,34)23-14-12-20(2)13-15-23)19-27(32)29-18-22-8-4-7-21(17-22)9-6-16-31/h4-5,7-8,10-17H,3,6,9,18-19H2,1-2H3,(H,29,32). The SMILES string of the molecule is CCc1c(Cl)cccc1N(CC(=O)NCc1cccc(CCC=O)c1)S(=O)(=O)c1ccc(C)cc1. The number of sulfonamides is 1. The van der Waals surface area contributed by atoms with Gasteiger partial charge in [0.05, 0.1) is 10.6 Å². The Kier molecular flexibility index (Phi) is 9.07. The number of aryl methyl sites for hydroxylation is 2. The fraction of sp³-hybridized carbons (Fsp3) is 0.259. The molecule has 0 aliphatic rings. The van der Waals surface area contributed by atoms with Gasteiger partial charge in [0.15, 0.2) is 0 Å². The van der Waals surface area contributed by atoms with Gasteiger partial charge < -0.3 is 10.1 Å². The van der Waals surface area contributed by atoms with E-state index in [2.05, 4.69) is 5.32 Å². The van der Waals surface area contributed by atoms with E-state index >= 15 is 0 Å². The van der Waals surface area contributed by atoms with Crippen molar-refractivity contribution in [3.63, 3.8) is 0 Å². The lowest BCUT2D eigenvalue weighted by Crippen LogP contribution is -2.41. The molecular formula is C27H29ClN2O4S. The molecule has 0 heterocycles. The highest BCUT2D eigenvalue weighted by Gasteiger charge is 2.29. The zero-order valence-electron chi connectivity index (χ0n) is 19.8. The van der Waals surface area contributed by atoms with Gasteiger partial charge in [0.25, 0.3) is 10.0 Å². The van der Waals surface area contributed by atoms with Crippen molar-refractivity contribution in [2.24, 2.45) is 0 Å². The number of rotatable bonds is 11. The zero-order chi connectivity index (χ0) is 25.4. The molecule has 3 aromatic rings. The minimum Gasteiger partial charge on any atom is -0.350 e. The lowest BCUT2D eigenvalue weighted by atomic mass is 10.1. The second-order valence-corrected chi connectivity index (χ2v) is 10.5. The van der Waals surface area contributed by atoms with E-state index in [0.717, 1.165) is 27.3 Å². The molecule has 3 rings (SSSR count). The Morgan fingerprint density at radius 1 is 1.03 bits per heavy atom. The summed E-state index contributed by atoms with van der Waals surface area (Å²) < 4.78 is 28.4. The minimum absolute atomic E-state index is 0.0980. The van der Waals surface area contributed by atoms with E-state index in [0.29, 0.717) is 35.5 Å². The fourth-order valence-electron chi connectivity index (χ4n) is 3.78. The lowest BCUT2D eigenvalue weighted by Gasteiger charge is -2.26. The van der Waals surface area contributed by atoms with Crippen LogP contribution in [0.2, 0.25) is 5.02 Å². The second kappa shape index (κ2) is 12.0. The number of halogens is 1. The molecule has 0 aliphatic carbocycles. The van der Waals surface area contributed by atoms with Crippen LogP contribution in [0.3, 0.4) is 0 Å². The second-order valence-electron chi connectivity index (χ2n) is 8.22. The highest BCUT2D eigenvalue weighted by atomic mass is 35.5. The Morgan fingerprint density at radius 2 is 1.71 bits per heavy atom. The highest BCUT2D eigenvalue weighted by molar-refractivity contribution is 7.92. The molecule has 0 spiro atoms. The number of anilines is 1. The topological polar surface area (TPSA) is 83.6 Å². The summed E-state index contributed by atoms with van der Waals surface area (Å²) in [7, 11) is -4.03. The number of carbonyl (C=O) groups excluding carboxylic acids is 2. The molecule has 6 nitrogen and oxygen atoms in total. The number of benzene rings is 3. The zero-order valence-corrected chi connectivity index (χ0v) is 21.4. The van der Waals surface area contributed by atoms with Gasteiger partial charge in [-0.2, -0.15) is 0 Å². The van der Waals surface area contributed by atoms with E-state index in [-0.39, 0.29) is 11.4 Å². The van der Waals surface area contributed by atoms with Crippen molar-refractivity contribution in [2.45, 2.75) is 44.6 Å². The van der Waals surface area contributed by atoms with Crippen molar-refractivity contribution < 1.29 is 18.0 Å². The van der Waals surface area contributed by atoms with Gasteiger partial charge in [-0.25, -0.2) is 8.42 Å². The van der Waals surface area contributed by atoms with Crippen LogP contribution in [0, 0.1) is 6.92 Å². The Morgan fingerprint density at radius 3 is 2.40 bits per heavy atom. The first-order valence-corrected chi connectivity index (χ1v) is 13.2. The van der Waals surface area contributed by atoms with Crippen molar-refractivity contribution in [1.82, 2.24) is 5.32 Å². The molecule has 0 unspecified atom stereocenters. The molecule has 1 amide bonds. The molecule has 0 saturated heterocycles. The van der Waals surface area contributed by atoms with Gasteiger partial charge in [0.1, 0.15) is 12.8 Å². The van der Waals surface area contributed by atoms with E-state index in [9.17, 15) is 18.0 Å². The third kappa shape index (κ3) is 6.71. The first-order valence-electron chi connectivity index (χ1n) is 11.4. The number of aldehydes is 1. The van der Waals surface area contributed by atoms with Gasteiger partial charge in [0.2, 0.25) is 5.91 Å². The average Bonchev–Trinajstić information content (AvgIpc) is 2.85. The van der Waals surface area contributed by atoms with E-state index in [4.69, 9.17) is 11.6 Å². The normalized spacial score (nSPS) is 11.2. The summed E-state index contributed by atoms with van der Waals surface area (Å²) in [6, 6.07) is 19.2. The van der Waals surface area contributed by atoms with Gasteiger partial charge in [-0.1, -0.05) is 66.6 Å². The number of hydrogen-bond donors (Lipinski definition) is 1. The van der Waals surface area contributed by atoms with Gasteiger partial charge in [-0.05, 0) is 60.7 Å². The maximum atomic E-state index is 13.7. The van der Waals surface area contributed by atoms with Crippen molar-refractivity contribution in [2.75, 3.05) is 10.8 Å². The molecule has 0 bridgehead atoms. The van der Waals surface area contributed by atoms with Gasteiger partial charge >= 0.3 is 0 Å². The predicted molar refractivity (Wildman–Crippen MR) is 139 cm³/mol. The average molecular weight is 513 g/mol. The monoisotopic (exact) mass is 512 g/mol. The van der Waals surface area contributed by atoms with Gasteiger partial charge in [-0.15, -0.1) is 0 Å². The summed E-state index contributed by atoms with van der Waals surface area (Å²) in [4.78, 5) is 23.7. The number of carbonyl (C=O) groups is 2. The third-order valence-electron chi connectivity index (χ3n) is 5.64. The fourth-order valence-corrected chi connectivity index (χ4v) is 5.53. The van der Waals surface area contributed by atoms with Crippen LogP contribution >= 0.6 is 11.6 Å². The van der Waals surface area contributed by atoms with Crippen LogP contribution in [0.4, 0.5) is 5.69 Å². The predicted octanol–water partition coefficient (Wildman–Crippen LogP) is 4.85. The molecule has 0 aromatic heterocycles. The van der Waals surface area contributed by atoms with E-state index < -0.39 is 22.5 Å². The molecule has 0 fully saturated rings. The Labute approximate surface area is 212 Å². The smallest absolute Gasteiger partial charge is 0.264 e. The summed E-state index contributed by atoms with van der Waals surface area (Å²) in [5.41, 5.74) is 3.83. The molecule has 184 valence electrons. The van der Waals surface area contributed by atoms with Gasteiger partial charge in [0, 0.05) is 18.0 Å². The van der Waals surface area contributed by atoms with E-state index in [1.54, 1.807) is 30.3 Å². The number of nitrogens with one attached hydrogen (secondary N) is 1. The summed E-state index contributed by atoms with van der Waals surface area (Å²) in [6.07, 6.45) is 2.44. The molecular weight excluding hydrogens is 484 g/mol. The Balaban J connectivity index is 1.88. The van der Waals surface area contributed by atoms with Crippen LogP contribution in [-0.4, -0.2) is 27.2 Å². The summed E-state index contributed by atoms with van der Waals surface area (Å²) in [5, 5.41) is 3.27. The largest absolute Gasteiger partial charge is 0.350 e. The molecule has 3 aromatic carbocycles. The minimum atomic E-state index is -4.03. The molecule has 0 atom stereocenters. The highest BCUT2D eigenvalue weighted by Crippen LogP contribution is 2.32. The molecule has 0 aliphatic heterocycles. The van der Waals surface area contributed by atoms with Crippen LogP contribution in [0.15, 0.2) is 71.6 Å². The van der Waals surface area contributed by atoms with Crippen molar-refractivity contribution in [1.29, 1.82) is 0 Å². The van der Waals surface area contributed by atoms with Gasteiger partial charge in [-0.3, -0.25) is 9.10 Å². The van der Waals surface area contributed by atoms with Crippen molar-refractivity contribution in [3.8, 4) is 0 Å². The molecule has 35 heavy (non-hydrogen) atoms. The van der Waals surface area contributed by atoms with Crippen molar-refractivity contribution >= 4 is 39.5 Å². The third-order valence-corrected chi connectivity index (χ3v) is 7.77. The lowest BCUT2D eigenvalue weighted by molar-refractivity contribution is -0.119. The first kappa shape index (κ1) is 26.4. The molecule has 0 saturated carbocycles. The maximum absolute atomic E-state index is 13.7. The van der Waals surface area contributed by atoms with E-state index in [1.807, 2.05) is 38.1 Å². The molecule has 0 radical (unpaired) electrons. The summed E-state index contributed by atoms with van der Waals surface area (Å²) in [5.74, 6) is -0.444. The van der Waals surface area contributed by atoms with Crippen LogP contribution in [0.25, 0.3) is 0 Å².